The Labute approximate surface area is 166 Å². The fraction of sp³-hybridized carbons (Fsp3) is 0.400. The molecule has 2 aromatic heterocycles. The van der Waals surface area contributed by atoms with Crippen molar-refractivity contribution in [3.63, 3.8) is 0 Å². The number of aromatic nitrogens is 4. The molecule has 1 aliphatic rings. The maximum Gasteiger partial charge on any atom is 0.327 e. The largest absolute Gasteiger partial charge is 0.493 e. The molecular formula is C20H23N5O4. The highest BCUT2D eigenvalue weighted by atomic mass is 16.5. The van der Waals surface area contributed by atoms with Crippen LogP contribution < -0.4 is 20.9 Å². The lowest BCUT2D eigenvalue weighted by molar-refractivity contribution is 0.0997. The highest BCUT2D eigenvalue weighted by Gasteiger charge is 2.25. The van der Waals surface area contributed by atoms with E-state index in [0.29, 0.717) is 22.7 Å². The summed E-state index contributed by atoms with van der Waals surface area (Å²) in [6.07, 6.45) is 5.06. The molecule has 1 aromatic carbocycles. The van der Waals surface area contributed by atoms with Gasteiger partial charge in [-0.05, 0) is 31.0 Å². The monoisotopic (exact) mass is 397 g/mol. The Hall–Kier alpha value is -3.36. The Morgan fingerprint density at radius 3 is 2.52 bits per heavy atom. The number of nitrogens with one attached hydrogen (secondary N) is 1. The van der Waals surface area contributed by atoms with Gasteiger partial charge in [-0.15, -0.1) is 0 Å². The van der Waals surface area contributed by atoms with E-state index in [4.69, 9.17) is 15.2 Å². The number of hydrogen-bond acceptors (Lipinski definition) is 6. The Morgan fingerprint density at radius 1 is 1.14 bits per heavy atom. The van der Waals surface area contributed by atoms with Crippen molar-refractivity contribution in [2.45, 2.75) is 38.1 Å². The first-order valence-corrected chi connectivity index (χ1v) is 9.58. The predicted molar refractivity (Wildman–Crippen MR) is 107 cm³/mol. The van der Waals surface area contributed by atoms with E-state index in [1.165, 1.54) is 7.11 Å². The van der Waals surface area contributed by atoms with Crippen molar-refractivity contribution in [2.24, 2.45) is 5.73 Å². The van der Waals surface area contributed by atoms with Crippen LogP contribution in [0.1, 0.15) is 48.6 Å². The molecule has 0 saturated heterocycles. The van der Waals surface area contributed by atoms with E-state index in [2.05, 4.69) is 15.0 Å². The van der Waals surface area contributed by atoms with Gasteiger partial charge in [-0.3, -0.25) is 9.36 Å². The number of amides is 1. The van der Waals surface area contributed by atoms with Crippen molar-refractivity contribution in [2.75, 3.05) is 14.2 Å². The third-order valence-electron chi connectivity index (χ3n) is 5.38. The number of methoxy groups -OCH3 is 2. The lowest BCUT2D eigenvalue weighted by atomic mass is 9.95. The van der Waals surface area contributed by atoms with Crippen molar-refractivity contribution in [1.29, 1.82) is 0 Å². The van der Waals surface area contributed by atoms with Gasteiger partial charge in [0.15, 0.2) is 28.7 Å². The van der Waals surface area contributed by atoms with Crippen LogP contribution in [0.2, 0.25) is 0 Å². The summed E-state index contributed by atoms with van der Waals surface area (Å²) in [4.78, 5) is 36.5. The lowest BCUT2D eigenvalue weighted by Gasteiger charge is -2.22. The second-order valence-corrected chi connectivity index (χ2v) is 7.12. The molecule has 3 aromatic rings. The van der Waals surface area contributed by atoms with Gasteiger partial charge in [-0.1, -0.05) is 19.3 Å². The van der Waals surface area contributed by atoms with Crippen molar-refractivity contribution in [3.05, 3.63) is 34.4 Å². The molecule has 0 spiro atoms. The first-order valence-electron chi connectivity index (χ1n) is 9.58. The molecule has 1 saturated carbocycles. The van der Waals surface area contributed by atoms with Gasteiger partial charge < -0.3 is 20.2 Å². The summed E-state index contributed by atoms with van der Waals surface area (Å²) in [5, 5.41) is 0. The van der Waals surface area contributed by atoms with Crippen molar-refractivity contribution >= 4 is 17.1 Å². The number of nitrogens with two attached hydrogens (primary N) is 1. The summed E-state index contributed by atoms with van der Waals surface area (Å²) in [5.41, 5.74) is 6.55. The molecule has 0 bridgehead atoms. The van der Waals surface area contributed by atoms with Gasteiger partial charge in [-0.25, -0.2) is 14.8 Å². The van der Waals surface area contributed by atoms with E-state index in [-0.39, 0.29) is 28.8 Å². The molecule has 3 N–H and O–H groups in total. The highest BCUT2D eigenvalue weighted by molar-refractivity contribution is 6.01. The number of carbonyl (C=O) groups is 1. The molecule has 152 valence electrons. The van der Waals surface area contributed by atoms with E-state index in [0.717, 1.165) is 32.1 Å². The first-order chi connectivity index (χ1) is 14.0. The van der Waals surface area contributed by atoms with E-state index in [1.807, 2.05) is 0 Å². The number of nitrogens with zero attached hydrogens (tertiary/aromatic N) is 3. The smallest absolute Gasteiger partial charge is 0.327 e. The van der Waals surface area contributed by atoms with Gasteiger partial charge >= 0.3 is 5.69 Å². The minimum Gasteiger partial charge on any atom is -0.493 e. The lowest BCUT2D eigenvalue weighted by Crippen LogP contribution is -2.24. The molecule has 9 heteroatoms. The highest BCUT2D eigenvalue weighted by Crippen LogP contribution is 2.33. The average Bonchev–Trinajstić information content (AvgIpc) is 3.08. The number of imidazole rings is 1. The summed E-state index contributed by atoms with van der Waals surface area (Å²) in [6, 6.07) is 5.26. The fourth-order valence-electron chi connectivity index (χ4n) is 3.96. The average molecular weight is 397 g/mol. The van der Waals surface area contributed by atoms with Crippen LogP contribution in [0.5, 0.6) is 11.5 Å². The number of benzene rings is 1. The third-order valence-corrected chi connectivity index (χ3v) is 5.38. The molecule has 9 nitrogen and oxygen atoms in total. The van der Waals surface area contributed by atoms with Crippen LogP contribution in [-0.2, 0) is 0 Å². The minimum atomic E-state index is -0.726. The number of hydrogen-bond donors (Lipinski definition) is 2. The van der Waals surface area contributed by atoms with Gasteiger partial charge in [0.25, 0.3) is 5.91 Å². The van der Waals surface area contributed by atoms with E-state index in [9.17, 15) is 9.59 Å². The Bertz CT molecular complexity index is 1130. The molecule has 0 aliphatic heterocycles. The number of fused-ring (bicyclic) bond motifs is 1. The number of ether oxygens (including phenoxy) is 2. The van der Waals surface area contributed by atoms with E-state index in [1.54, 1.807) is 29.9 Å². The summed E-state index contributed by atoms with van der Waals surface area (Å²) in [7, 11) is 3.08. The van der Waals surface area contributed by atoms with Gasteiger partial charge in [0, 0.05) is 11.6 Å². The molecule has 0 unspecified atom stereocenters. The second-order valence-electron chi connectivity index (χ2n) is 7.12. The maximum absolute atomic E-state index is 12.7. The van der Waals surface area contributed by atoms with E-state index >= 15 is 0 Å². The van der Waals surface area contributed by atoms with Crippen molar-refractivity contribution in [1.82, 2.24) is 19.5 Å². The summed E-state index contributed by atoms with van der Waals surface area (Å²) in [5.74, 6) is 0.633. The number of primary amides is 1. The number of carbonyl (C=O) groups excluding carboxylic acids is 1. The zero-order valence-corrected chi connectivity index (χ0v) is 16.4. The standard InChI is InChI=1S/C20H23N5O4/c1-28-13-9-8-11(10-14(13)29-2)18-22-15(17(21)26)16-19(24-18)25(20(27)23-16)12-6-4-3-5-7-12/h8-10,12H,3-7H2,1-2H3,(H2,21,26)(H,23,27). The van der Waals surface area contributed by atoms with Crippen LogP contribution >= 0.6 is 0 Å². The van der Waals surface area contributed by atoms with Gasteiger partial charge in [0.2, 0.25) is 0 Å². The summed E-state index contributed by atoms with van der Waals surface area (Å²) < 4.78 is 12.3. The molecule has 2 heterocycles. The zero-order chi connectivity index (χ0) is 20.5. The van der Waals surface area contributed by atoms with Gasteiger partial charge in [-0.2, -0.15) is 0 Å². The Kier molecular flexibility index (Phi) is 4.96. The Balaban J connectivity index is 1.94. The number of rotatable bonds is 5. The fourth-order valence-corrected chi connectivity index (χ4v) is 3.96. The zero-order valence-electron chi connectivity index (χ0n) is 16.4. The molecular weight excluding hydrogens is 374 g/mol. The summed E-state index contributed by atoms with van der Waals surface area (Å²) >= 11 is 0. The molecule has 0 radical (unpaired) electrons. The quantitative estimate of drug-likeness (QED) is 0.681. The molecule has 29 heavy (non-hydrogen) atoms. The molecule has 1 aliphatic carbocycles. The second kappa shape index (κ2) is 7.57. The number of H-pyrrole nitrogens is 1. The Morgan fingerprint density at radius 2 is 1.86 bits per heavy atom. The van der Waals surface area contributed by atoms with Crippen LogP contribution in [-0.4, -0.2) is 39.6 Å². The van der Waals surface area contributed by atoms with Crippen LogP contribution in [0.4, 0.5) is 0 Å². The maximum atomic E-state index is 12.7. The normalized spacial score (nSPS) is 14.8. The molecule has 1 amide bonds. The number of aromatic amines is 1. The first kappa shape index (κ1) is 19.0. The van der Waals surface area contributed by atoms with Crippen LogP contribution in [0.15, 0.2) is 23.0 Å². The predicted octanol–water partition coefficient (Wildman–Crippen LogP) is 2.41. The van der Waals surface area contributed by atoms with Crippen LogP contribution in [0.3, 0.4) is 0 Å². The van der Waals surface area contributed by atoms with Gasteiger partial charge in [0.1, 0.15) is 5.52 Å². The minimum absolute atomic E-state index is 0.00792. The van der Waals surface area contributed by atoms with E-state index < -0.39 is 5.91 Å². The van der Waals surface area contributed by atoms with Crippen LogP contribution in [0, 0.1) is 0 Å². The third kappa shape index (κ3) is 3.32. The van der Waals surface area contributed by atoms with Crippen LogP contribution in [0.25, 0.3) is 22.6 Å². The van der Waals surface area contributed by atoms with Crippen molar-refractivity contribution < 1.29 is 14.3 Å². The molecule has 0 atom stereocenters. The molecule has 1 fully saturated rings. The van der Waals surface area contributed by atoms with Gasteiger partial charge in [0.05, 0.1) is 14.2 Å². The van der Waals surface area contributed by atoms with Crippen molar-refractivity contribution in [3.8, 4) is 22.9 Å². The SMILES string of the molecule is COc1ccc(-c2nc(C(N)=O)c3[nH]c(=O)n(C4CCCCC4)c3n2)cc1OC. The topological polar surface area (TPSA) is 125 Å². The summed E-state index contributed by atoms with van der Waals surface area (Å²) in [6.45, 7) is 0. The molecule has 4 rings (SSSR count).